The standard InChI is InChI=1S/C14H14BrN3O3S2/c15-11-3-1-2-10(5-11)12-7-22-14(17-12)18-6-9(4-13(18)19)8-23(16,20)21/h1-3,5,7,9H,4,6,8H2,(H2,16,20,21). The number of hydrogen-bond acceptors (Lipinski definition) is 5. The van der Waals surface area contributed by atoms with Gasteiger partial charge in [-0.2, -0.15) is 0 Å². The van der Waals surface area contributed by atoms with Crippen LogP contribution in [0.25, 0.3) is 11.3 Å². The van der Waals surface area contributed by atoms with E-state index >= 15 is 0 Å². The van der Waals surface area contributed by atoms with E-state index in [1.807, 2.05) is 29.6 Å². The van der Waals surface area contributed by atoms with Gasteiger partial charge in [-0.3, -0.25) is 9.69 Å². The molecule has 1 fully saturated rings. The minimum Gasteiger partial charge on any atom is -0.288 e. The number of hydrogen-bond donors (Lipinski definition) is 1. The molecule has 2 N–H and O–H groups in total. The van der Waals surface area contributed by atoms with Crippen LogP contribution < -0.4 is 10.0 Å². The van der Waals surface area contributed by atoms with Crippen molar-refractivity contribution >= 4 is 48.3 Å². The van der Waals surface area contributed by atoms with Crippen molar-refractivity contribution in [3.8, 4) is 11.3 Å². The summed E-state index contributed by atoms with van der Waals surface area (Å²) in [6, 6.07) is 7.74. The second-order valence-corrected chi connectivity index (χ2v) is 8.84. The number of amides is 1. The Bertz CT molecular complexity index is 850. The molecule has 2 aromatic rings. The van der Waals surface area contributed by atoms with Crippen LogP contribution in [0, 0.1) is 5.92 Å². The molecule has 3 rings (SSSR count). The Balaban J connectivity index is 1.79. The minimum atomic E-state index is -3.58. The number of nitrogens with zero attached hydrogens (tertiary/aromatic N) is 2. The van der Waals surface area contributed by atoms with Crippen molar-refractivity contribution < 1.29 is 13.2 Å². The maximum absolute atomic E-state index is 12.1. The van der Waals surface area contributed by atoms with Crippen molar-refractivity contribution in [2.45, 2.75) is 6.42 Å². The van der Waals surface area contributed by atoms with Crippen LogP contribution in [0.4, 0.5) is 5.13 Å². The number of carbonyl (C=O) groups excluding carboxylic acids is 1. The number of halogens is 1. The first-order valence-corrected chi connectivity index (χ1v) is 10.2. The molecule has 0 spiro atoms. The largest absolute Gasteiger partial charge is 0.288 e. The first kappa shape index (κ1) is 16.6. The molecule has 0 saturated carbocycles. The third kappa shape index (κ3) is 3.97. The van der Waals surface area contributed by atoms with Gasteiger partial charge in [0.05, 0.1) is 11.4 Å². The number of sulfonamides is 1. The van der Waals surface area contributed by atoms with Gasteiger partial charge in [0.25, 0.3) is 0 Å². The molecule has 6 nitrogen and oxygen atoms in total. The van der Waals surface area contributed by atoms with Crippen LogP contribution in [0.1, 0.15) is 6.42 Å². The zero-order valence-electron chi connectivity index (χ0n) is 12.0. The normalized spacial score (nSPS) is 18.6. The van der Waals surface area contributed by atoms with Gasteiger partial charge in [0.15, 0.2) is 5.13 Å². The van der Waals surface area contributed by atoms with Crippen molar-refractivity contribution in [2.75, 3.05) is 17.2 Å². The molecule has 122 valence electrons. The summed E-state index contributed by atoms with van der Waals surface area (Å²) in [6.07, 6.45) is 0.183. The highest BCUT2D eigenvalue weighted by Crippen LogP contribution is 2.32. The zero-order valence-corrected chi connectivity index (χ0v) is 15.2. The Kier molecular flexibility index (Phi) is 4.54. The lowest BCUT2D eigenvalue weighted by Crippen LogP contribution is -2.27. The number of carbonyl (C=O) groups is 1. The Hall–Kier alpha value is -1.29. The number of aromatic nitrogens is 1. The SMILES string of the molecule is NS(=O)(=O)CC1CC(=O)N(c2nc(-c3cccc(Br)c3)cs2)C1. The van der Waals surface area contributed by atoms with Crippen molar-refractivity contribution in [3.05, 3.63) is 34.1 Å². The maximum atomic E-state index is 12.1. The molecule has 1 aliphatic rings. The average Bonchev–Trinajstić information content (AvgIpc) is 3.03. The van der Waals surface area contributed by atoms with Gasteiger partial charge in [0.2, 0.25) is 15.9 Å². The Morgan fingerprint density at radius 2 is 2.22 bits per heavy atom. The molecule has 1 saturated heterocycles. The lowest BCUT2D eigenvalue weighted by atomic mass is 10.1. The summed E-state index contributed by atoms with van der Waals surface area (Å²) in [5, 5.41) is 7.54. The molecule has 1 aliphatic heterocycles. The summed E-state index contributed by atoms with van der Waals surface area (Å²) in [6.45, 7) is 0.334. The second-order valence-electron chi connectivity index (χ2n) is 5.43. The Labute approximate surface area is 146 Å². The molecule has 1 atom stereocenters. The van der Waals surface area contributed by atoms with Crippen molar-refractivity contribution in [1.82, 2.24) is 4.98 Å². The lowest BCUT2D eigenvalue weighted by Gasteiger charge is -2.12. The van der Waals surface area contributed by atoms with E-state index in [1.165, 1.54) is 11.3 Å². The van der Waals surface area contributed by atoms with Gasteiger partial charge in [-0.25, -0.2) is 18.5 Å². The maximum Gasteiger partial charge on any atom is 0.229 e. The van der Waals surface area contributed by atoms with Crippen LogP contribution in [-0.4, -0.2) is 31.6 Å². The molecule has 9 heteroatoms. The zero-order chi connectivity index (χ0) is 16.6. The number of thiazole rings is 1. The van der Waals surface area contributed by atoms with Crippen LogP contribution in [-0.2, 0) is 14.8 Å². The third-order valence-corrected chi connectivity index (χ3v) is 5.81. The molecule has 0 aliphatic carbocycles. The highest BCUT2D eigenvalue weighted by atomic mass is 79.9. The summed E-state index contributed by atoms with van der Waals surface area (Å²) >= 11 is 4.79. The third-order valence-electron chi connectivity index (χ3n) is 3.52. The van der Waals surface area contributed by atoms with Gasteiger partial charge in [-0.15, -0.1) is 11.3 Å². The van der Waals surface area contributed by atoms with Crippen LogP contribution in [0.5, 0.6) is 0 Å². The van der Waals surface area contributed by atoms with Gasteiger partial charge in [-0.05, 0) is 12.1 Å². The van der Waals surface area contributed by atoms with Crippen LogP contribution in [0.15, 0.2) is 34.1 Å². The fraction of sp³-hybridized carbons (Fsp3) is 0.286. The van der Waals surface area contributed by atoms with Gasteiger partial charge < -0.3 is 0 Å². The summed E-state index contributed by atoms with van der Waals surface area (Å²) in [4.78, 5) is 18.2. The summed E-state index contributed by atoms with van der Waals surface area (Å²) in [5.41, 5.74) is 1.74. The molecule has 1 amide bonds. The van der Waals surface area contributed by atoms with E-state index in [4.69, 9.17) is 5.14 Å². The van der Waals surface area contributed by atoms with Gasteiger partial charge in [-0.1, -0.05) is 28.1 Å². The predicted molar refractivity (Wildman–Crippen MR) is 93.7 cm³/mol. The monoisotopic (exact) mass is 415 g/mol. The average molecular weight is 416 g/mol. The molecule has 0 bridgehead atoms. The molecule has 1 aromatic carbocycles. The van der Waals surface area contributed by atoms with E-state index in [0.29, 0.717) is 11.7 Å². The van der Waals surface area contributed by atoms with E-state index in [9.17, 15) is 13.2 Å². The molecular formula is C14H14BrN3O3S2. The predicted octanol–water partition coefficient (Wildman–Crippen LogP) is 2.21. The van der Waals surface area contributed by atoms with Crippen molar-refractivity contribution in [2.24, 2.45) is 11.1 Å². The summed E-state index contributed by atoms with van der Waals surface area (Å²) < 4.78 is 23.3. The number of benzene rings is 1. The first-order valence-electron chi connectivity index (χ1n) is 6.84. The molecule has 2 heterocycles. The lowest BCUT2D eigenvalue weighted by molar-refractivity contribution is -0.117. The quantitative estimate of drug-likeness (QED) is 0.827. The van der Waals surface area contributed by atoms with E-state index < -0.39 is 10.0 Å². The molecule has 23 heavy (non-hydrogen) atoms. The van der Waals surface area contributed by atoms with E-state index in [1.54, 1.807) is 4.90 Å². The summed E-state index contributed by atoms with van der Waals surface area (Å²) in [7, 11) is -3.58. The van der Waals surface area contributed by atoms with Gasteiger partial charge >= 0.3 is 0 Å². The Morgan fingerprint density at radius 1 is 1.43 bits per heavy atom. The number of nitrogens with two attached hydrogens (primary N) is 1. The van der Waals surface area contributed by atoms with Crippen LogP contribution >= 0.6 is 27.3 Å². The van der Waals surface area contributed by atoms with Crippen LogP contribution in [0.3, 0.4) is 0 Å². The molecule has 1 aromatic heterocycles. The first-order chi connectivity index (χ1) is 10.8. The van der Waals surface area contributed by atoms with E-state index in [0.717, 1.165) is 15.7 Å². The smallest absolute Gasteiger partial charge is 0.229 e. The number of anilines is 1. The highest BCUT2D eigenvalue weighted by molar-refractivity contribution is 9.10. The molecule has 1 unspecified atom stereocenters. The van der Waals surface area contributed by atoms with Gasteiger partial charge in [0.1, 0.15) is 0 Å². The van der Waals surface area contributed by atoms with E-state index in [2.05, 4.69) is 20.9 Å². The Morgan fingerprint density at radius 3 is 2.91 bits per heavy atom. The highest BCUT2D eigenvalue weighted by Gasteiger charge is 2.34. The fourth-order valence-electron chi connectivity index (χ4n) is 2.58. The minimum absolute atomic E-state index is 0.117. The fourth-order valence-corrected chi connectivity index (χ4v) is 4.72. The van der Waals surface area contributed by atoms with E-state index in [-0.39, 0.29) is 24.0 Å². The van der Waals surface area contributed by atoms with Crippen molar-refractivity contribution in [3.63, 3.8) is 0 Å². The van der Waals surface area contributed by atoms with Crippen LogP contribution in [0.2, 0.25) is 0 Å². The second kappa shape index (κ2) is 6.31. The number of rotatable bonds is 4. The molecule has 0 radical (unpaired) electrons. The number of primary sulfonamides is 1. The topological polar surface area (TPSA) is 93.4 Å². The van der Waals surface area contributed by atoms with Crippen molar-refractivity contribution in [1.29, 1.82) is 0 Å². The van der Waals surface area contributed by atoms with Gasteiger partial charge in [0, 0.05) is 34.3 Å². The molecular weight excluding hydrogens is 402 g/mol. The summed E-state index contributed by atoms with van der Waals surface area (Å²) in [5.74, 6) is -0.580.